The van der Waals surface area contributed by atoms with Crippen LogP contribution in [0.5, 0.6) is 0 Å². The van der Waals surface area contributed by atoms with Crippen molar-refractivity contribution in [2.24, 2.45) is 10.8 Å². The SMILES string of the molecule is C=C(C)C(=O)OC[C@]12CCC(C)=C[C@H]1OC1[C@H](O)[C@@H](O)[C@@]2(C)[C@@]12CO2. The number of epoxide rings is 1. The highest BCUT2D eigenvalue weighted by Gasteiger charge is 2.84. The van der Waals surface area contributed by atoms with Gasteiger partial charge in [0, 0.05) is 16.4 Å². The van der Waals surface area contributed by atoms with E-state index in [0.29, 0.717) is 18.6 Å². The van der Waals surface area contributed by atoms with E-state index >= 15 is 0 Å². The van der Waals surface area contributed by atoms with Crippen molar-refractivity contribution in [1.82, 2.24) is 0 Å². The third-order valence-corrected chi connectivity index (χ3v) is 7.10. The number of carbonyl (C=O) groups excluding carboxylic acids is 1. The van der Waals surface area contributed by atoms with E-state index in [2.05, 4.69) is 6.58 Å². The molecule has 2 aliphatic carbocycles. The maximum Gasteiger partial charge on any atom is 0.333 e. The minimum atomic E-state index is -1.01. The summed E-state index contributed by atoms with van der Waals surface area (Å²) in [5.74, 6) is -0.455. The number of aliphatic hydroxyl groups is 2. The zero-order valence-electron chi connectivity index (χ0n) is 14.9. The third kappa shape index (κ3) is 1.91. The van der Waals surface area contributed by atoms with Gasteiger partial charge in [-0.15, -0.1) is 0 Å². The molecule has 1 spiro atoms. The second-order valence-electron chi connectivity index (χ2n) is 8.32. The summed E-state index contributed by atoms with van der Waals surface area (Å²) < 4.78 is 17.6. The van der Waals surface area contributed by atoms with E-state index in [-0.39, 0.29) is 12.7 Å². The van der Waals surface area contributed by atoms with Crippen molar-refractivity contribution in [1.29, 1.82) is 0 Å². The van der Waals surface area contributed by atoms with Gasteiger partial charge in [-0.05, 0) is 26.7 Å². The summed E-state index contributed by atoms with van der Waals surface area (Å²) in [6, 6.07) is 0. The molecule has 2 bridgehead atoms. The lowest BCUT2D eigenvalue weighted by atomic mass is 9.51. The summed E-state index contributed by atoms with van der Waals surface area (Å²) >= 11 is 0. The molecule has 2 saturated heterocycles. The number of aliphatic hydroxyl groups excluding tert-OH is 2. The Labute approximate surface area is 147 Å². The molecule has 0 aromatic heterocycles. The van der Waals surface area contributed by atoms with Crippen LogP contribution in [0.25, 0.3) is 0 Å². The van der Waals surface area contributed by atoms with Crippen LogP contribution >= 0.6 is 0 Å². The number of hydrogen-bond acceptors (Lipinski definition) is 6. The first-order chi connectivity index (χ1) is 11.7. The predicted octanol–water partition coefficient (Wildman–Crippen LogP) is 1.11. The minimum Gasteiger partial charge on any atom is -0.462 e. The summed E-state index contributed by atoms with van der Waals surface area (Å²) in [6.45, 7) is 9.78. The molecule has 138 valence electrons. The van der Waals surface area contributed by atoms with Gasteiger partial charge in [-0.25, -0.2) is 4.79 Å². The third-order valence-electron chi connectivity index (χ3n) is 7.10. The van der Waals surface area contributed by atoms with Crippen LogP contribution in [-0.2, 0) is 19.0 Å². The Kier molecular flexibility index (Phi) is 3.55. The van der Waals surface area contributed by atoms with E-state index < -0.39 is 40.7 Å². The Morgan fingerprint density at radius 1 is 1.48 bits per heavy atom. The number of esters is 1. The molecule has 7 atom stereocenters. The average molecular weight is 350 g/mol. The molecule has 1 unspecified atom stereocenters. The van der Waals surface area contributed by atoms with E-state index in [1.165, 1.54) is 5.57 Å². The second kappa shape index (κ2) is 5.16. The van der Waals surface area contributed by atoms with E-state index in [4.69, 9.17) is 14.2 Å². The van der Waals surface area contributed by atoms with Crippen molar-refractivity contribution in [3.05, 3.63) is 23.8 Å². The lowest BCUT2D eigenvalue weighted by Crippen LogP contribution is -2.66. The smallest absolute Gasteiger partial charge is 0.333 e. The van der Waals surface area contributed by atoms with Crippen LogP contribution in [0.15, 0.2) is 23.8 Å². The van der Waals surface area contributed by atoms with Gasteiger partial charge in [0.2, 0.25) is 0 Å². The summed E-state index contributed by atoms with van der Waals surface area (Å²) in [7, 11) is 0. The monoisotopic (exact) mass is 350 g/mol. The van der Waals surface area contributed by atoms with Gasteiger partial charge in [0.25, 0.3) is 0 Å². The van der Waals surface area contributed by atoms with E-state index in [9.17, 15) is 15.0 Å². The van der Waals surface area contributed by atoms with Gasteiger partial charge >= 0.3 is 5.97 Å². The lowest BCUT2D eigenvalue weighted by Gasteiger charge is -2.57. The molecule has 2 heterocycles. The second-order valence-corrected chi connectivity index (χ2v) is 8.32. The van der Waals surface area contributed by atoms with Gasteiger partial charge in [0.15, 0.2) is 0 Å². The maximum absolute atomic E-state index is 12.0. The Bertz CT molecular complexity index is 665. The normalized spacial score (nSPS) is 50.2. The van der Waals surface area contributed by atoms with Crippen LogP contribution in [0.3, 0.4) is 0 Å². The molecule has 0 aromatic rings. The molecule has 6 heteroatoms. The first-order valence-corrected chi connectivity index (χ1v) is 8.85. The van der Waals surface area contributed by atoms with Crippen molar-refractivity contribution >= 4 is 5.97 Å². The number of fused-ring (bicyclic) bond motifs is 2. The fourth-order valence-electron chi connectivity index (χ4n) is 5.35. The molecule has 2 aliphatic heterocycles. The predicted molar refractivity (Wildman–Crippen MR) is 88.7 cm³/mol. The van der Waals surface area contributed by atoms with Crippen molar-refractivity contribution < 1.29 is 29.2 Å². The molecule has 0 aromatic carbocycles. The number of ether oxygens (including phenoxy) is 3. The van der Waals surface area contributed by atoms with Gasteiger partial charge in [0.05, 0.1) is 18.8 Å². The molecule has 4 rings (SSSR count). The van der Waals surface area contributed by atoms with Crippen LogP contribution in [0, 0.1) is 10.8 Å². The molecule has 1 saturated carbocycles. The van der Waals surface area contributed by atoms with Crippen LogP contribution in [0.2, 0.25) is 0 Å². The summed E-state index contributed by atoms with van der Waals surface area (Å²) in [5.41, 5.74) is -0.593. The first kappa shape index (κ1) is 17.2. The topological polar surface area (TPSA) is 88.5 Å². The zero-order valence-corrected chi connectivity index (χ0v) is 14.9. The van der Waals surface area contributed by atoms with E-state index in [1.807, 2.05) is 19.9 Å². The van der Waals surface area contributed by atoms with Crippen molar-refractivity contribution in [3.8, 4) is 0 Å². The van der Waals surface area contributed by atoms with Crippen LogP contribution in [0.4, 0.5) is 0 Å². The summed E-state index contributed by atoms with van der Waals surface area (Å²) in [6.07, 6.45) is 0.649. The van der Waals surface area contributed by atoms with Crippen molar-refractivity contribution in [3.63, 3.8) is 0 Å². The van der Waals surface area contributed by atoms with Gasteiger partial charge in [-0.1, -0.05) is 25.2 Å². The van der Waals surface area contributed by atoms with Crippen LogP contribution in [0.1, 0.15) is 33.6 Å². The van der Waals surface area contributed by atoms with E-state index in [1.54, 1.807) is 6.92 Å². The Balaban J connectivity index is 1.79. The Hall–Kier alpha value is -1.21. The van der Waals surface area contributed by atoms with Crippen LogP contribution < -0.4 is 0 Å². The molecule has 2 N–H and O–H groups in total. The molecule has 0 radical (unpaired) electrons. The molecular formula is C19H26O6. The van der Waals surface area contributed by atoms with E-state index in [0.717, 1.165) is 6.42 Å². The highest BCUT2D eigenvalue weighted by atomic mass is 16.6. The molecule has 4 aliphatic rings. The Morgan fingerprint density at radius 2 is 2.16 bits per heavy atom. The van der Waals surface area contributed by atoms with Gasteiger partial charge in [-0.2, -0.15) is 0 Å². The zero-order chi connectivity index (χ0) is 18.2. The fraction of sp³-hybridized carbons (Fsp3) is 0.737. The van der Waals surface area contributed by atoms with Crippen molar-refractivity contribution in [2.45, 2.75) is 63.6 Å². The average Bonchev–Trinajstić information content (AvgIpc) is 3.35. The molecule has 3 fully saturated rings. The summed E-state index contributed by atoms with van der Waals surface area (Å²) in [4.78, 5) is 12.0. The van der Waals surface area contributed by atoms with Gasteiger partial charge in [-0.3, -0.25) is 0 Å². The number of hydrogen-bond donors (Lipinski definition) is 2. The van der Waals surface area contributed by atoms with Gasteiger partial charge < -0.3 is 24.4 Å². The molecule has 0 amide bonds. The standard InChI is InChI=1S/C19H26O6/c1-10(2)16(22)23-8-18-6-5-11(3)7-12(18)25-15-13(20)14(21)17(18,4)19(15)9-24-19/h7,12-15,20-21H,1,5-6,8-9H2,2-4H3/t12-,13-,14-,15?,17-,18-,19-/m1/s1. The minimum absolute atomic E-state index is 0.102. The maximum atomic E-state index is 12.0. The lowest BCUT2D eigenvalue weighted by molar-refractivity contribution is -0.230. The highest BCUT2D eigenvalue weighted by Crippen LogP contribution is 2.71. The fourth-order valence-corrected chi connectivity index (χ4v) is 5.35. The molecule has 6 nitrogen and oxygen atoms in total. The Morgan fingerprint density at radius 3 is 2.76 bits per heavy atom. The number of allylic oxidation sites excluding steroid dienone is 1. The van der Waals surface area contributed by atoms with Crippen LogP contribution in [-0.4, -0.2) is 59.4 Å². The number of carbonyl (C=O) groups is 1. The van der Waals surface area contributed by atoms with Crippen molar-refractivity contribution in [2.75, 3.05) is 13.2 Å². The largest absolute Gasteiger partial charge is 0.462 e. The molecular weight excluding hydrogens is 324 g/mol. The quantitative estimate of drug-likeness (QED) is 0.343. The van der Waals surface area contributed by atoms with Gasteiger partial charge in [0.1, 0.15) is 24.4 Å². The summed E-state index contributed by atoms with van der Waals surface area (Å²) in [5, 5.41) is 21.6. The molecule has 25 heavy (non-hydrogen) atoms. The number of rotatable bonds is 3. The highest BCUT2D eigenvalue weighted by molar-refractivity contribution is 5.86. The first-order valence-electron chi connectivity index (χ1n) is 8.85.